The molecule has 2 aromatic carbocycles. The minimum atomic E-state index is -1.12. The van der Waals surface area contributed by atoms with E-state index in [9.17, 15) is 14.9 Å². The van der Waals surface area contributed by atoms with E-state index in [-0.39, 0.29) is 11.6 Å². The molecule has 1 aliphatic heterocycles. The van der Waals surface area contributed by atoms with Crippen LogP contribution < -0.4 is 9.64 Å². The van der Waals surface area contributed by atoms with Crippen molar-refractivity contribution >= 4 is 28.9 Å². The van der Waals surface area contributed by atoms with Gasteiger partial charge in [-0.15, -0.1) is 0 Å². The Morgan fingerprint density at radius 2 is 1.92 bits per heavy atom. The van der Waals surface area contributed by atoms with E-state index in [4.69, 9.17) is 16.3 Å². The number of nitro benzene ring substituents is 1. The van der Waals surface area contributed by atoms with Gasteiger partial charge in [0.15, 0.2) is 5.60 Å². The zero-order valence-electron chi connectivity index (χ0n) is 13.9. The number of rotatable bonds is 4. The number of amides is 1. The number of hydrogen-bond acceptors (Lipinski definition) is 4. The normalized spacial score (nSPS) is 13.5. The van der Waals surface area contributed by atoms with Crippen molar-refractivity contribution < 1.29 is 14.5 Å². The van der Waals surface area contributed by atoms with E-state index in [1.807, 2.05) is 0 Å². The largest absolute Gasteiger partial charge is 0.478 e. The first-order chi connectivity index (χ1) is 11.8. The maximum atomic E-state index is 13.0. The summed E-state index contributed by atoms with van der Waals surface area (Å²) in [6.07, 6.45) is 0.663. The highest BCUT2D eigenvalue weighted by atomic mass is 35.5. The number of halogens is 1. The number of benzene rings is 2. The van der Waals surface area contributed by atoms with Crippen molar-refractivity contribution in [1.29, 1.82) is 0 Å². The van der Waals surface area contributed by atoms with Crippen LogP contribution in [0.15, 0.2) is 42.5 Å². The van der Waals surface area contributed by atoms with Crippen LogP contribution in [-0.2, 0) is 11.2 Å². The van der Waals surface area contributed by atoms with Crippen LogP contribution in [-0.4, -0.2) is 23.0 Å². The Kier molecular flexibility index (Phi) is 4.39. The van der Waals surface area contributed by atoms with Crippen molar-refractivity contribution in [2.24, 2.45) is 0 Å². The summed E-state index contributed by atoms with van der Waals surface area (Å²) in [7, 11) is 0. The summed E-state index contributed by atoms with van der Waals surface area (Å²) in [5.41, 5.74) is 0.336. The monoisotopic (exact) mass is 360 g/mol. The fourth-order valence-electron chi connectivity index (χ4n) is 2.86. The van der Waals surface area contributed by atoms with E-state index >= 15 is 0 Å². The number of non-ortho nitro benzene ring substituents is 1. The van der Waals surface area contributed by atoms with E-state index in [1.54, 1.807) is 49.1 Å². The number of hydrogen-bond donors (Lipinski definition) is 0. The maximum Gasteiger partial charge on any atom is 0.271 e. The molecule has 0 radical (unpaired) electrons. The molecular weight excluding hydrogens is 344 g/mol. The molecule has 0 bridgehead atoms. The van der Waals surface area contributed by atoms with Gasteiger partial charge in [-0.3, -0.25) is 14.9 Å². The summed E-state index contributed by atoms with van der Waals surface area (Å²) in [5, 5.41) is 11.6. The Morgan fingerprint density at radius 3 is 2.56 bits per heavy atom. The number of carbonyl (C=O) groups excluding carboxylic acids is 1. The van der Waals surface area contributed by atoms with Gasteiger partial charge in [0.1, 0.15) is 5.75 Å². The van der Waals surface area contributed by atoms with Gasteiger partial charge in [0, 0.05) is 23.7 Å². The second kappa shape index (κ2) is 6.37. The first kappa shape index (κ1) is 17.2. The van der Waals surface area contributed by atoms with Gasteiger partial charge in [0.05, 0.1) is 10.6 Å². The number of nitrogens with zero attached hydrogens (tertiary/aromatic N) is 2. The van der Waals surface area contributed by atoms with Crippen molar-refractivity contribution in [2.45, 2.75) is 25.9 Å². The van der Waals surface area contributed by atoms with Gasteiger partial charge in [-0.05, 0) is 50.1 Å². The molecule has 1 amide bonds. The van der Waals surface area contributed by atoms with Gasteiger partial charge in [-0.25, -0.2) is 0 Å². The first-order valence-corrected chi connectivity index (χ1v) is 8.19. The van der Waals surface area contributed by atoms with Crippen LogP contribution in [0.2, 0.25) is 5.02 Å². The van der Waals surface area contributed by atoms with Crippen molar-refractivity contribution in [3.63, 3.8) is 0 Å². The molecule has 0 N–H and O–H groups in total. The number of ether oxygens (including phenoxy) is 1. The van der Waals surface area contributed by atoms with Gasteiger partial charge in [-0.1, -0.05) is 17.7 Å². The predicted octanol–water partition coefficient (Wildman–Crippen LogP) is 3.99. The molecule has 0 aromatic heterocycles. The molecule has 2 aromatic rings. The van der Waals surface area contributed by atoms with Crippen molar-refractivity contribution in [3.8, 4) is 5.75 Å². The Labute approximate surface area is 150 Å². The molecule has 0 spiro atoms. The second-order valence-electron chi connectivity index (χ2n) is 6.34. The van der Waals surface area contributed by atoms with Gasteiger partial charge in [0.2, 0.25) is 0 Å². The molecule has 7 heteroatoms. The summed E-state index contributed by atoms with van der Waals surface area (Å²) in [6, 6.07) is 11.4. The lowest BCUT2D eigenvalue weighted by Gasteiger charge is -2.30. The fraction of sp³-hybridized carbons (Fsp3) is 0.278. The fourth-order valence-corrected chi connectivity index (χ4v) is 2.98. The molecule has 130 valence electrons. The van der Waals surface area contributed by atoms with Crippen LogP contribution in [0.5, 0.6) is 5.75 Å². The third kappa shape index (κ3) is 3.44. The highest BCUT2D eigenvalue weighted by Gasteiger charge is 2.38. The summed E-state index contributed by atoms with van der Waals surface area (Å²) in [5.74, 6) is 0.280. The number of fused-ring (bicyclic) bond motifs is 1. The quantitative estimate of drug-likeness (QED) is 0.610. The van der Waals surface area contributed by atoms with E-state index in [0.717, 1.165) is 5.56 Å². The summed E-state index contributed by atoms with van der Waals surface area (Å²) < 4.78 is 5.84. The zero-order valence-corrected chi connectivity index (χ0v) is 14.6. The minimum absolute atomic E-state index is 0.0325. The van der Waals surface area contributed by atoms with Crippen LogP contribution in [0.4, 0.5) is 11.4 Å². The Bertz CT molecular complexity index is 833. The SMILES string of the molecule is CC(C)(Oc1ccc(Cl)cc1)C(=O)N1CCc2ccc([N+](=O)[O-])cc21. The summed E-state index contributed by atoms with van der Waals surface area (Å²) in [6.45, 7) is 3.83. The number of nitro groups is 1. The molecule has 6 nitrogen and oxygen atoms in total. The van der Waals surface area contributed by atoms with E-state index in [2.05, 4.69) is 0 Å². The van der Waals surface area contributed by atoms with Crippen LogP contribution in [0.3, 0.4) is 0 Å². The molecule has 3 rings (SSSR count). The number of carbonyl (C=O) groups is 1. The smallest absolute Gasteiger partial charge is 0.271 e. The zero-order chi connectivity index (χ0) is 18.2. The van der Waals surface area contributed by atoms with Crippen molar-refractivity contribution in [3.05, 3.63) is 63.2 Å². The molecule has 0 atom stereocenters. The average Bonchev–Trinajstić information content (AvgIpc) is 2.99. The van der Waals surface area contributed by atoms with Gasteiger partial charge < -0.3 is 9.64 Å². The molecule has 0 unspecified atom stereocenters. The lowest BCUT2D eigenvalue weighted by Crippen LogP contribution is -2.48. The first-order valence-electron chi connectivity index (χ1n) is 7.82. The van der Waals surface area contributed by atoms with E-state index < -0.39 is 10.5 Å². The van der Waals surface area contributed by atoms with Gasteiger partial charge >= 0.3 is 0 Å². The van der Waals surface area contributed by atoms with Crippen molar-refractivity contribution in [1.82, 2.24) is 0 Å². The third-order valence-electron chi connectivity index (χ3n) is 4.12. The molecule has 1 aliphatic rings. The highest BCUT2D eigenvalue weighted by Crippen LogP contribution is 2.34. The van der Waals surface area contributed by atoms with Gasteiger partial charge in [0.25, 0.3) is 11.6 Å². The maximum absolute atomic E-state index is 13.0. The molecule has 1 heterocycles. The standard InChI is InChI=1S/C18H17ClN2O4/c1-18(2,25-15-7-4-13(19)5-8-15)17(22)20-10-9-12-3-6-14(21(23)24)11-16(12)20/h3-8,11H,9-10H2,1-2H3. The van der Waals surface area contributed by atoms with Crippen molar-refractivity contribution in [2.75, 3.05) is 11.4 Å². The molecule has 0 aliphatic carbocycles. The van der Waals surface area contributed by atoms with Gasteiger partial charge in [-0.2, -0.15) is 0 Å². The Morgan fingerprint density at radius 1 is 1.24 bits per heavy atom. The molecular formula is C18H17ClN2O4. The highest BCUT2D eigenvalue weighted by molar-refractivity contribution is 6.30. The molecule has 0 saturated heterocycles. The van der Waals surface area contributed by atoms with Crippen LogP contribution >= 0.6 is 11.6 Å². The van der Waals surface area contributed by atoms with Crippen LogP contribution in [0.25, 0.3) is 0 Å². The number of anilines is 1. The molecule has 0 fully saturated rings. The van der Waals surface area contributed by atoms with Crippen LogP contribution in [0.1, 0.15) is 19.4 Å². The predicted molar refractivity (Wildman–Crippen MR) is 95.3 cm³/mol. The molecule has 0 saturated carbocycles. The van der Waals surface area contributed by atoms with Crippen LogP contribution in [0, 0.1) is 10.1 Å². The van der Waals surface area contributed by atoms with E-state index in [0.29, 0.717) is 29.4 Å². The third-order valence-corrected chi connectivity index (χ3v) is 4.37. The Balaban J connectivity index is 1.85. The van der Waals surface area contributed by atoms with E-state index in [1.165, 1.54) is 12.1 Å². The Hall–Kier alpha value is -2.60. The summed E-state index contributed by atoms with van der Waals surface area (Å²) >= 11 is 5.86. The lowest BCUT2D eigenvalue weighted by atomic mass is 10.1. The summed E-state index contributed by atoms with van der Waals surface area (Å²) in [4.78, 5) is 25.1. The average molecular weight is 361 g/mol. The molecule has 25 heavy (non-hydrogen) atoms. The topological polar surface area (TPSA) is 72.7 Å². The minimum Gasteiger partial charge on any atom is -0.478 e. The lowest BCUT2D eigenvalue weighted by molar-refractivity contribution is -0.384. The second-order valence-corrected chi connectivity index (χ2v) is 6.78.